The fraction of sp³-hybridized carbons (Fsp3) is 0.857. The smallest absolute Gasteiger partial charge is 0.342 e. The van der Waals surface area contributed by atoms with Crippen molar-refractivity contribution in [3.8, 4) is 0 Å². The summed E-state index contributed by atoms with van der Waals surface area (Å²) in [7, 11) is 0. The first-order valence-electron chi connectivity index (χ1n) is 3.39. The standard InChI is InChI=1S/C7H12Cl2O2/c1-5(2)4-11-6(10)7(3,8)9/h5H,4H2,1-3H3. The molecule has 0 aromatic carbocycles. The fourth-order valence-electron chi connectivity index (χ4n) is 0.369. The lowest BCUT2D eigenvalue weighted by atomic mass is 10.2. The van der Waals surface area contributed by atoms with Gasteiger partial charge in [0.2, 0.25) is 4.33 Å². The molecule has 0 aliphatic heterocycles. The van der Waals surface area contributed by atoms with Crippen LogP contribution in [0.5, 0.6) is 0 Å². The zero-order valence-corrected chi connectivity index (χ0v) is 8.37. The van der Waals surface area contributed by atoms with E-state index in [1.807, 2.05) is 13.8 Å². The summed E-state index contributed by atoms with van der Waals surface area (Å²) < 4.78 is 3.34. The van der Waals surface area contributed by atoms with Gasteiger partial charge in [0.25, 0.3) is 0 Å². The molecule has 0 heterocycles. The van der Waals surface area contributed by atoms with E-state index in [2.05, 4.69) is 0 Å². The second-order valence-electron chi connectivity index (χ2n) is 2.88. The van der Waals surface area contributed by atoms with Crippen LogP contribution >= 0.6 is 23.2 Å². The van der Waals surface area contributed by atoms with Crippen LogP contribution in [0.1, 0.15) is 20.8 Å². The molecule has 0 radical (unpaired) electrons. The number of carbonyl (C=O) groups excluding carboxylic acids is 1. The van der Waals surface area contributed by atoms with Gasteiger partial charge in [0.15, 0.2) is 0 Å². The van der Waals surface area contributed by atoms with Gasteiger partial charge in [-0.25, -0.2) is 4.79 Å². The number of halogens is 2. The van der Waals surface area contributed by atoms with E-state index < -0.39 is 10.3 Å². The van der Waals surface area contributed by atoms with Gasteiger partial charge < -0.3 is 4.74 Å². The molecule has 0 spiro atoms. The molecule has 0 unspecified atom stereocenters. The Morgan fingerprint density at radius 2 is 2.00 bits per heavy atom. The van der Waals surface area contributed by atoms with Gasteiger partial charge in [0.1, 0.15) is 0 Å². The van der Waals surface area contributed by atoms with E-state index in [4.69, 9.17) is 27.9 Å². The van der Waals surface area contributed by atoms with E-state index in [0.29, 0.717) is 12.5 Å². The van der Waals surface area contributed by atoms with Crippen LogP contribution in [0.4, 0.5) is 0 Å². The fourth-order valence-corrected chi connectivity index (χ4v) is 0.478. The van der Waals surface area contributed by atoms with Crippen LogP contribution in [0.15, 0.2) is 0 Å². The summed E-state index contributed by atoms with van der Waals surface area (Å²) in [6.45, 7) is 5.62. The molecule has 0 fully saturated rings. The number of esters is 1. The number of hydrogen-bond acceptors (Lipinski definition) is 2. The third kappa shape index (κ3) is 5.33. The lowest BCUT2D eigenvalue weighted by Gasteiger charge is -2.13. The Morgan fingerprint density at radius 3 is 2.27 bits per heavy atom. The lowest BCUT2D eigenvalue weighted by Crippen LogP contribution is -2.25. The average Bonchev–Trinajstić information content (AvgIpc) is 1.80. The summed E-state index contributed by atoms with van der Waals surface area (Å²) in [6, 6.07) is 0. The third-order valence-electron chi connectivity index (χ3n) is 0.906. The molecule has 0 aliphatic rings. The van der Waals surface area contributed by atoms with Gasteiger partial charge in [-0.2, -0.15) is 0 Å². The van der Waals surface area contributed by atoms with Gasteiger partial charge in [0, 0.05) is 0 Å². The van der Waals surface area contributed by atoms with Gasteiger partial charge in [-0.15, -0.1) is 0 Å². The topological polar surface area (TPSA) is 26.3 Å². The Kier molecular flexibility index (Phi) is 4.19. The summed E-state index contributed by atoms with van der Waals surface area (Å²) in [4.78, 5) is 10.9. The molecule has 0 bridgehead atoms. The van der Waals surface area contributed by atoms with Crippen molar-refractivity contribution in [1.29, 1.82) is 0 Å². The highest BCUT2D eigenvalue weighted by atomic mass is 35.5. The Balaban J connectivity index is 3.71. The number of rotatable bonds is 3. The maximum atomic E-state index is 10.9. The summed E-state index contributed by atoms with van der Waals surface area (Å²) in [5, 5.41) is 0. The SMILES string of the molecule is CC(C)COC(=O)C(C)(Cl)Cl. The van der Waals surface area contributed by atoms with Crippen LogP contribution in [0.3, 0.4) is 0 Å². The molecule has 0 N–H and O–H groups in total. The predicted molar refractivity (Wildman–Crippen MR) is 45.9 cm³/mol. The van der Waals surface area contributed by atoms with Crippen LogP contribution in [0.2, 0.25) is 0 Å². The quantitative estimate of drug-likeness (QED) is 0.515. The summed E-state index contributed by atoms with van der Waals surface area (Å²) in [5.74, 6) is -0.288. The van der Waals surface area contributed by atoms with Gasteiger partial charge in [0.05, 0.1) is 6.61 Å². The van der Waals surface area contributed by atoms with Gasteiger partial charge in [-0.3, -0.25) is 0 Å². The van der Waals surface area contributed by atoms with Crippen molar-refractivity contribution in [2.24, 2.45) is 5.92 Å². The van der Waals surface area contributed by atoms with Gasteiger partial charge in [-0.05, 0) is 12.8 Å². The molecule has 2 nitrogen and oxygen atoms in total. The molecule has 0 atom stereocenters. The first-order valence-corrected chi connectivity index (χ1v) is 4.14. The van der Waals surface area contributed by atoms with Crippen LogP contribution in [0.25, 0.3) is 0 Å². The second kappa shape index (κ2) is 4.17. The third-order valence-corrected chi connectivity index (χ3v) is 1.21. The minimum absolute atomic E-state index is 0.301. The highest BCUT2D eigenvalue weighted by Crippen LogP contribution is 2.21. The summed E-state index contributed by atoms with van der Waals surface area (Å²) in [6.07, 6.45) is 0. The van der Waals surface area contributed by atoms with E-state index in [1.54, 1.807) is 0 Å². The van der Waals surface area contributed by atoms with Crippen molar-refractivity contribution in [1.82, 2.24) is 0 Å². The Morgan fingerprint density at radius 1 is 1.55 bits per heavy atom. The van der Waals surface area contributed by atoms with E-state index in [9.17, 15) is 4.79 Å². The first-order chi connectivity index (χ1) is 4.84. The monoisotopic (exact) mass is 198 g/mol. The van der Waals surface area contributed by atoms with E-state index in [1.165, 1.54) is 6.92 Å². The van der Waals surface area contributed by atoms with Crippen molar-refractivity contribution in [2.75, 3.05) is 6.61 Å². The van der Waals surface area contributed by atoms with Crippen molar-refractivity contribution in [3.05, 3.63) is 0 Å². The molecule has 0 rings (SSSR count). The van der Waals surface area contributed by atoms with Crippen molar-refractivity contribution < 1.29 is 9.53 Å². The van der Waals surface area contributed by atoms with Gasteiger partial charge in [-0.1, -0.05) is 37.0 Å². The molecule has 0 saturated carbocycles. The van der Waals surface area contributed by atoms with Gasteiger partial charge >= 0.3 is 5.97 Å². The Hall–Kier alpha value is 0.0500. The molecular weight excluding hydrogens is 187 g/mol. The predicted octanol–water partition coefficient (Wildman–Crippen LogP) is 2.38. The molecule has 4 heteroatoms. The number of carbonyl (C=O) groups is 1. The number of ether oxygens (including phenoxy) is 1. The number of hydrogen-bond donors (Lipinski definition) is 0. The van der Waals surface area contributed by atoms with E-state index in [-0.39, 0.29) is 0 Å². The Labute approximate surface area is 76.8 Å². The zero-order valence-electron chi connectivity index (χ0n) is 6.86. The highest BCUT2D eigenvalue weighted by molar-refractivity contribution is 6.57. The molecule has 0 aromatic heterocycles. The maximum Gasteiger partial charge on any atom is 0.342 e. The Bertz CT molecular complexity index is 138. The van der Waals surface area contributed by atoms with Crippen molar-refractivity contribution in [3.63, 3.8) is 0 Å². The van der Waals surface area contributed by atoms with Crippen LogP contribution < -0.4 is 0 Å². The zero-order chi connectivity index (χ0) is 9.07. The van der Waals surface area contributed by atoms with Crippen LogP contribution in [-0.4, -0.2) is 16.9 Å². The molecule has 0 aliphatic carbocycles. The summed E-state index contributed by atoms with van der Waals surface area (Å²) in [5.41, 5.74) is 0. The molecular formula is C7H12Cl2O2. The maximum absolute atomic E-state index is 10.9. The van der Waals surface area contributed by atoms with E-state index in [0.717, 1.165) is 0 Å². The molecule has 0 amide bonds. The second-order valence-corrected chi connectivity index (χ2v) is 4.59. The number of alkyl halides is 2. The normalized spacial score (nSPS) is 11.8. The molecule has 11 heavy (non-hydrogen) atoms. The van der Waals surface area contributed by atoms with Crippen molar-refractivity contribution >= 4 is 29.2 Å². The summed E-state index contributed by atoms with van der Waals surface area (Å²) >= 11 is 10.9. The lowest BCUT2D eigenvalue weighted by molar-refractivity contribution is -0.145. The minimum Gasteiger partial charge on any atom is -0.463 e. The van der Waals surface area contributed by atoms with E-state index >= 15 is 0 Å². The molecule has 0 aromatic rings. The molecule has 0 saturated heterocycles. The largest absolute Gasteiger partial charge is 0.463 e. The highest BCUT2D eigenvalue weighted by Gasteiger charge is 2.29. The molecule has 66 valence electrons. The van der Waals surface area contributed by atoms with Crippen LogP contribution in [-0.2, 0) is 9.53 Å². The van der Waals surface area contributed by atoms with Crippen molar-refractivity contribution in [2.45, 2.75) is 25.1 Å². The van der Waals surface area contributed by atoms with Crippen LogP contribution in [0, 0.1) is 5.92 Å². The minimum atomic E-state index is -1.42. The average molecular weight is 199 g/mol. The first kappa shape index (κ1) is 11.1.